The lowest BCUT2D eigenvalue weighted by atomic mass is 9.89. The highest BCUT2D eigenvalue weighted by Gasteiger charge is 2.22. The fourth-order valence-electron chi connectivity index (χ4n) is 3.19. The summed E-state index contributed by atoms with van der Waals surface area (Å²) in [6.45, 7) is 5.75. The van der Waals surface area contributed by atoms with E-state index in [1.54, 1.807) is 0 Å². The number of fused-ring (bicyclic) bond motifs is 1. The summed E-state index contributed by atoms with van der Waals surface area (Å²) in [5.41, 5.74) is 7.48. The van der Waals surface area contributed by atoms with Crippen LogP contribution in [0.15, 0.2) is 30.3 Å². The van der Waals surface area contributed by atoms with E-state index >= 15 is 0 Å². The van der Waals surface area contributed by atoms with E-state index < -0.39 is 0 Å². The quantitative estimate of drug-likeness (QED) is 0.902. The predicted octanol–water partition coefficient (Wildman–Crippen LogP) is 4.04. The van der Waals surface area contributed by atoms with E-state index in [9.17, 15) is 0 Å². The molecule has 0 fully saturated rings. The Morgan fingerprint density at radius 3 is 2.52 bits per heavy atom. The van der Waals surface area contributed by atoms with Crippen LogP contribution in [0.5, 0.6) is 0 Å². The second-order valence-corrected chi connectivity index (χ2v) is 5.68. The van der Waals surface area contributed by atoms with Gasteiger partial charge in [0, 0.05) is 17.9 Å². The number of aryl methyl sites for hydroxylation is 2. The number of rotatable bonds is 3. The molecule has 0 radical (unpaired) electrons. The number of nitrogens with one attached hydrogen (secondary N) is 1. The molecule has 1 aromatic heterocycles. The van der Waals surface area contributed by atoms with Gasteiger partial charge in [0.2, 0.25) is 0 Å². The third-order valence-electron chi connectivity index (χ3n) is 4.01. The lowest BCUT2D eigenvalue weighted by Crippen LogP contribution is -2.25. The molecular formula is C18H24Cl2N2O. The molecule has 3 nitrogen and oxygen atoms in total. The molecule has 0 aliphatic carbocycles. The molecule has 2 aromatic rings. The van der Waals surface area contributed by atoms with Crippen molar-refractivity contribution >= 4 is 24.8 Å². The van der Waals surface area contributed by atoms with Gasteiger partial charge in [-0.15, -0.1) is 24.8 Å². The van der Waals surface area contributed by atoms with Crippen LogP contribution in [0.25, 0.3) is 11.1 Å². The highest BCUT2D eigenvalue weighted by Crippen LogP contribution is 2.34. The molecule has 126 valence electrons. The largest absolute Gasteiger partial charge is 0.372 e. The third kappa shape index (κ3) is 4.24. The summed E-state index contributed by atoms with van der Waals surface area (Å²) >= 11 is 0. The number of pyridine rings is 1. The number of likely N-dealkylation sites (N-methyl/N-ethyl adjacent to an activating group) is 1. The first-order valence-electron chi connectivity index (χ1n) is 7.52. The van der Waals surface area contributed by atoms with E-state index in [4.69, 9.17) is 4.74 Å². The monoisotopic (exact) mass is 354 g/mol. The van der Waals surface area contributed by atoms with Gasteiger partial charge in [-0.3, -0.25) is 4.98 Å². The number of nitrogens with zero attached hydrogens (tertiary/aromatic N) is 1. The molecule has 2 heterocycles. The first kappa shape index (κ1) is 19.9. The van der Waals surface area contributed by atoms with E-state index in [2.05, 4.69) is 54.5 Å². The van der Waals surface area contributed by atoms with Crippen LogP contribution in [0.4, 0.5) is 0 Å². The standard InChI is InChI=1S/C18H22N2O.2ClH/c1-12-9-14(10-13(2)20-12)15-5-4-6-17-16(15)7-8-21-18(17)11-19-3;;/h4-6,9-10,18-19H,7-8,11H2,1-3H3;2*1H. The molecule has 1 unspecified atom stereocenters. The molecule has 0 bridgehead atoms. The van der Waals surface area contributed by atoms with Crippen molar-refractivity contribution in [3.8, 4) is 11.1 Å². The van der Waals surface area contributed by atoms with Gasteiger partial charge in [0.05, 0.1) is 12.7 Å². The molecule has 0 saturated carbocycles. The number of halogens is 2. The highest BCUT2D eigenvalue weighted by atomic mass is 35.5. The Labute approximate surface area is 150 Å². The van der Waals surface area contributed by atoms with Crippen molar-refractivity contribution in [2.45, 2.75) is 26.4 Å². The van der Waals surface area contributed by atoms with Crippen molar-refractivity contribution in [2.24, 2.45) is 0 Å². The molecule has 23 heavy (non-hydrogen) atoms. The minimum Gasteiger partial charge on any atom is -0.372 e. The average Bonchev–Trinajstić information content (AvgIpc) is 2.46. The second kappa shape index (κ2) is 8.65. The van der Waals surface area contributed by atoms with Crippen LogP contribution in [0, 0.1) is 13.8 Å². The number of hydrogen-bond donors (Lipinski definition) is 1. The molecule has 3 rings (SSSR count). The van der Waals surface area contributed by atoms with Gasteiger partial charge in [-0.05, 0) is 61.7 Å². The molecule has 1 atom stereocenters. The van der Waals surface area contributed by atoms with Crippen molar-refractivity contribution < 1.29 is 4.74 Å². The Hall–Kier alpha value is -1.13. The first-order valence-corrected chi connectivity index (χ1v) is 7.52. The lowest BCUT2D eigenvalue weighted by Gasteiger charge is -2.28. The fourth-order valence-corrected chi connectivity index (χ4v) is 3.19. The Morgan fingerprint density at radius 2 is 1.87 bits per heavy atom. The summed E-state index contributed by atoms with van der Waals surface area (Å²) in [5, 5.41) is 3.22. The minimum atomic E-state index is 0. The second-order valence-electron chi connectivity index (χ2n) is 5.68. The molecule has 1 aliphatic heterocycles. The molecule has 0 spiro atoms. The zero-order valence-corrected chi connectivity index (χ0v) is 15.4. The van der Waals surface area contributed by atoms with Gasteiger partial charge in [0.25, 0.3) is 0 Å². The molecule has 1 aliphatic rings. The van der Waals surface area contributed by atoms with Crippen molar-refractivity contribution in [1.82, 2.24) is 10.3 Å². The van der Waals surface area contributed by atoms with Crippen LogP contribution in [-0.2, 0) is 11.2 Å². The van der Waals surface area contributed by atoms with Gasteiger partial charge >= 0.3 is 0 Å². The van der Waals surface area contributed by atoms with Crippen molar-refractivity contribution in [3.63, 3.8) is 0 Å². The van der Waals surface area contributed by atoms with E-state index in [0.29, 0.717) is 0 Å². The summed E-state index contributed by atoms with van der Waals surface area (Å²) in [4.78, 5) is 4.48. The summed E-state index contributed by atoms with van der Waals surface area (Å²) in [7, 11) is 1.97. The zero-order chi connectivity index (χ0) is 14.8. The van der Waals surface area contributed by atoms with Crippen molar-refractivity contribution in [3.05, 3.63) is 52.8 Å². The van der Waals surface area contributed by atoms with Gasteiger partial charge in [-0.2, -0.15) is 0 Å². The predicted molar refractivity (Wildman–Crippen MR) is 100.0 cm³/mol. The van der Waals surface area contributed by atoms with Gasteiger partial charge in [0.1, 0.15) is 0 Å². The maximum Gasteiger partial charge on any atom is 0.0952 e. The van der Waals surface area contributed by atoms with Gasteiger partial charge < -0.3 is 10.1 Å². The zero-order valence-electron chi connectivity index (χ0n) is 13.8. The van der Waals surface area contributed by atoms with Crippen LogP contribution in [0.3, 0.4) is 0 Å². The molecule has 0 amide bonds. The molecular weight excluding hydrogens is 331 g/mol. The Kier molecular flexibility index (Phi) is 7.49. The van der Waals surface area contributed by atoms with Crippen molar-refractivity contribution in [1.29, 1.82) is 0 Å². The highest BCUT2D eigenvalue weighted by molar-refractivity contribution is 5.85. The first-order chi connectivity index (χ1) is 10.2. The van der Waals surface area contributed by atoms with Crippen LogP contribution in [-0.4, -0.2) is 25.2 Å². The van der Waals surface area contributed by atoms with Gasteiger partial charge in [-0.1, -0.05) is 18.2 Å². The van der Waals surface area contributed by atoms with E-state index in [-0.39, 0.29) is 30.9 Å². The maximum atomic E-state index is 5.91. The van der Waals surface area contributed by atoms with Crippen LogP contribution in [0.2, 0.25) is 0 Å². The fraction of sp³-hybridized carbons (Fsp3) is 0.389. The Bertz CT molecular complexity index is 641. The van der Waals surface area contributed by atoms with Crippen LogP contribution < -0.4 is 5.32 Å². The summed E-state index contributed by atoms with van der Waals surface area (Å²) in [5.74, 6) is 0. The third-order valence-corrected chi connectivity index (χ3v) is 4.01. The molecule has 5 heteroatoms. The van der Waals surface area contributed by atoms with Crippen molar-refractivity contribution in [2.75, 3.05) is 20.2 Å². The Morgan fingerprint density at radius 1 is 1.17 bits per heavy atom. The number of ether oxygens (including phenoxy) is 1. The smallest absolute Gasteiger partial charge is 0.0952 e. The summed E-state index contributed by atoms with van der Waals surface area (Å²) < 4.78 is 5.91. The van der Waals surface area contributed by atoms with Crippen LogP contribution in [0.1, 0.15) is 28.6 Å². The molecule has 0 saturated heterocycles. The maximum absolute atomic E-state index is 5.91. The lowest BCUT2D eigenvalue weighted by molar-refractivity contribution is 0.0440. The average molecular weight is 355 g/mol. The van der Waals surface area contributed by atoms with E-state index in [0.717, 1.165) is 31.0 Å². The number of aromatic nitrogens is 1. The van der Waals surface area contributed by atoms with Gasteiger partial charge in [-0.25, -0.2) is 0 Å². The Balaban J connectivity index is 0.00000132. The van der Waals surface area contributed by atoms with E-state index in [1.165, 1.54) is 22.3 Å². The normalized spacial score (nSPS) is 16.0. The molecule has 1 aromatic carbocycles. The van der Waals surface area contributed by atoms with Crippen LogP contribution >= 0.6 is 24.8 Å². The topological polar surface area (TPSA) is 34.1 Å². The molecule has 1 N–H and O–H groups in total. The number of hydrogen-bond acceptors (Lipinski definition) is 3. The minimum absolute atomic E-state index is 0. The van der Waals surface area contributed by atoms with E-state index in [1.807, 2.05) is 7.05 Å². The van der Waals surface area contributed by atoms with Gasteiger partial charge in [0.15, 0.2) is 0 Å². The number of benzene rings is 1. The summed E-state index contributed by atoms with van der Waals surface area (Å²) in [6.07, 6.45) is 1.13. The SMILES string of the molecule is CNCC1OCCc2c(-c3cc(C)nc(C)c3)cccc21.Cl.Cl. The summed E-state index contributed by atoms with van der Waals surface area (Å²) in [6, 6.07) is 10.9.